The second-order valence-corrected chi connectivity index (χ2v) is 15.8. The zero-order valence-electron chi connectivity index (χ0n) is 34.9. The van der Waals surface area contributed by atoms with Crippen molar-refractivity contribution in [2.75, 3.05) is 19.0 Å². The molecule has 0 amide bonds. The Balaban J connectivity index is 2.56. The number of hydrogen-bond acceptors (Lipinski definition) is 11. The highest BCUT2D eigenvalue weighted by atomic mass is 32.2. The third-order valence-electron chi connectivity index (χ3n) is 8.97. The molecule has 4 N–H and O–H groups in total. The molecule has 1 fully saturated rings. The summed E-state index contributed by atoms with van der Waals surface area (Å²) in [6, 6.07) is 0. The van der Waals surface area contributed by atoms with Gasteiger partial charge in [0.05, 0.1) is 6.61 Å². The molecule has 12 nitrogen and oxygen atoms in total. The first-order chi connectivity index (χ1) is 28.0. The number of rotatable bonds is 33. The van der Waals surface area contributed by atoms with Crippen LogP contribution in [0.15, 0.2) is 85.1 Å². The van der Waals surface area contributed by atoms with Crippen molar-refractivity contribution in [3.8, 4) is 0 Å². The number of carbonyl (C=O) groups excluding carboxylic acids is 2. The molecule has 1 heterocycles. The Hall–Kier alpha value is -3.17. The van der Waals surface area contributed by atoms with Crippen LogP contribution in [0.4, 0.5) is 0 Å². The van der Waals surface area contributed by atoms with E-state index in [1.54, 1.807) is 0 Å². The number of aliphatic hydroxyl groups is 3. The highest BCUT2D eigenvalue weighted by Gasteiger charge is 2.46. The lowest BCUT2D eigenvalue weighted by molar-refractivity contribution is -0.297. The molecule has 0 aromatic carbocycles. The topological polar surface area (TPSA) is 186 Å². The van der Waals surface area contributed by atoms with Crippen LogP contribution in [0.2, 0.25) is 0 Å². The van der Waals surface area contributed by atoms with Crippen LogP contribution in [-0.4, -0.2) is 96.0 Å². The molecule has 1 saturated heterocycles. The van der Waals surface area contributed by atoms with Crippen LogP contribution in [0, 0.1) is 0 Å². The zero-order valence-corrected chi connectivity index (χ0v) is 35.7. The molecular weight excluding hydrogens is 765 g/mol. The number of carbonyl (C=O) groups is 2. The predicted octanol–water partition coefficient (Wildman–Crippen LogP) is 8.11. The van der Waals surface area contributed by atoms with Gasteiger partial charge in [-0.05, 0) is 70.6 Å². The van der Waals surface area contributed by atoms with Crippen molar-refractivity contribution < 1.29 is 56.8 Å². The predicted molar refractivity (Wildman–Crippen MR) is 228 cm³/mol. The fourth-order valence-corrected chi connectivity index (χ4v) is 6.39. The summed E-state index contributed by atoms with van der Waals surface area (Å²) in [7, 11) is -4.62. The first-order valence-electron chi connectivity index (χ1n) is 21.1. The van der Waals surface area contributed by atoms with Crippen molar-refractivity contribution in [2.45, 2.75) is 166 Å². The highest BCUT2D eigenvalue weighted by Crippen LogP contribution is 2.23. The van der Waals surface area contributed by atoms with Gasteiger partial charge >= 0.3 is 11.9 Å². The van der Waals surface area contributed by atoms with E-state index in [4.69, 9.17) is 18.9 Å². The Kier molecular flexibility index (Phi) is 31.6. The lowest BCUT2D eigenvalue weighted by Crippen LogP contribution is -2.60. The first kappa shape index (κ1) is 52.8. The Bertz CT molecular complexity index is 1400. The smallest absolute Gasteiger partial charge is 0.306 e. The van der Waals surface area contributed by atoms with Gasteiger partial charge in [-0.15, -0.1) is 0 Å². The summed E-state index contributed by atoms with van der Waals surface area (Å²) < 4.78 is 53.8. The fourth-order valence-electron chi connectivity index (χ4n) is 5.70. The van der Waals surface area contributed by atoms with E-state index >= 15 is 0 Å². The van der Waals surface area contributed by atoms with Crippen molar-refractivity contribution in [3.05, 3.63) is 85.1 Å². The summed E-state index contributed by atoms with van der Waals surface area (Å²) in [6.07, 6.45) is 35.1. The van der Waals surface area contributed by atoms with Crippen molar-refractivity contribution >= 4 is 22.1 Å². The molecule has 0 bridgehead atoms. The van der Waals surface area contributed by atoms with Crippen LogP contribution in [0.3, 0.4) is 0 Å². The minimum Gasteiger partial charge on any atom is -0.462 e. The molecule has 0 spiro atoms. The third kappa shape index (κ3) is 29.1. The minimum absolute atomic E-state index is 0.0412. The van der Waals surface area contributed by atoms with Gasteiger partial charge < -0.3 is 34.3 Å². The number of ether oxygens (including phenoxy) is 4. The minimum atomic E-state index is -4.62. The fraction of sp³-hybridized carbons (Fsp3) is 0.644. The molecule has 0 aromatic rings. The van der Waals surface area contributed by atoms with Gasteiger partial charge in [0, 0.05) is 12.8 Å². The van der Waals surface area contributed by atoms with Gasteiger partial charge in [0.2, 0.25) is 0 Å². The van der Waals surface area contributed by atoms with E-state index in [1.165, 1.54) is 38.5 Å². The van der Waals surface area contributed by atoms with Gasteiger partial charge in [0.15, 0.2) is 12.4 Å². The van der Waals surface area contributed by atoms with Crippen LogP contribution in [0.5, 0.6) is 0 Å². The van der Waals surface area contributed by atoms with Crippen LogP contribution in [-0.2, 0) is 38.7 Å². The molecule has 330 valence electrons. The van der Waals surface area contributed by atoms with Crippen LogP contribution < -0.4 is 0 Å². The van der Waals surface area contributed by atoms with Crippen molar-refractivity contribution in [1.29, 1.82) is 0 Å². The molecule has 0 aromatic heterocycles. The number of unbranched alkanes of at least 4 members (excludes halogenated alkanes) is 7. The number of aliphatic hydroxyl groups excluding tert-OH is 3. The molecule has 6 atom stereocenters. The molecule has 58 heavy (non-hydrogen) atoms. The van der Waals surface area contributed by atoms with Crippen molar-refractivity contribution in [3.63, 3.8) is 0 Å². The number of esters is 2. The van der Waals surface area contributed by atoms with Crippen LogP contribution >= 0.6 is 0 Å². The molecule has 0 saturated carbocycles. The van der Waals surface area contributed by atoms with Crippen molar-refractivity contribution in [1.82, 2.24) is 0 Å². The van der Waals surface area contributed by atoms with Gasteiger partial charge in [-0.3, -0.25) is 14.1 Å². The monoisotopic (exact) mass is 836 g/mol. The van der Waals surface area contributed by atoms with E-state index in [-0.39, 0.29) is 19.4 Å². The molecule has 1 aliphatic heterocycles. The molecule has 1 aliphatic rings. The molecule has 13 heteroatoms. The maximum atomic E-state index is 12.7. The zero-order chi connectivity index (χ0) is 42.7. The van der Waals surface area contributed by atoms with E-state index in [1.807, 2.05) is 24.3 Å². The molecule has 1 rings (SSSR count). The average molecular weight is 837 g/mol. The van der Waals surface area contributed by atoms with E-state index in [2.05, 4.69) is 74.6 Å². The van der Waals surface area contributed by atoms with Gasteiger partial charge in [0.1, 0.15) is 36.8 Å². The quantitative estimate of drug-likeness (QED) is 0.0216. The molecule has 0 aliphatic carbocycles. The van der Waals surface area contributed by atoms with Gasteiger partial charge in [-0.2, -0.15) is 8.42 Å². The molecule has 0 radical (unpaired) electrons. The summed E-state index contributed by atoms with van der Waals surface area (Å²) >= 11 is 0. The third-order valence-corrected chi connectivity index (χ3v) is 9.72. The van der Waals surface area contributed by atoms with Crippen LogP contribution in [0.1, 0.15) is 129 Å². The Labute approximate surface area is 348 Å². The highest BCUT2D eigenvalue weighted by molar-refractivity contribution is 7.85. The normalized spacial score (nSPS) is 21.2. The van der Waals surface area contributed by atoms with Crippen LogP contribution in [0.25, 0.3) is 0 Å². The number of hydrogen-bond donors (Lipinski definition) is 4. The van der Waals surface area contributed by atoms with E-state index < -0.39 is 71.2 Å². The SMILES string of the molecule is CC/C=C/C/C=C/C/C=C/C/C=C/C/C=C/CCCC(=O)OCC(CO[C@H]1O[C@H](CS(=O)(=O)O)[C@@H](O)C(O)C1O)OC(=O)CC/C=C/C/C=C/CCCCCCCC. The Morgan fingerprint density at radius 1 is 0.603 bits per heavy atom. The van der Waals surface area contributed by atoms with Gasteiger partial charge in [-0.1, -0.05) is 131 Å². The second-order valence-electron chi connectivity index (χ2n) is 14.3. The lowest BCUT2D eigenvalue weighted by atomic mass is 10.00. The van der Waals surface area contributed by atoms with E-state index in [9.17, 15) is 37.9 Å². The second kappa shape index (κ2) is 34.7. The van der Waals surface area contributed by atoms with Crippen molar-refractivity contribution in [2.24, 2.45) is 0 Å². The average Bonchev–Trinajstić information content (AvgIpc) is 3.18. The first-order valence-corrected chi connectivity index (χ1v) is 22.8. The number of allylic oxidation sites excluding steroid dienone is 14. The summed E-state index contributed by atoms with van der Waals surface area (Å²) in [5, 5.41) is 30.8. The maximum absolute atomic E-state index is 12.7. The van der Waals surface area contributed by atoms with E-state index in [0.717, 1.165) is 44.9 Å². The largest absolute Gasteiger partial charge is 0.462 e. The molecule has 3 unspecified atom stereocenters. The lowest BCUT2D eigenvalue weighted by Gasteiger charge is -2.40. The Morgan fingerprint density at radius 2 is 1.12 bits per heavy atom. The summed E-state index contributed by atoms with van der Waals surface area (Å²) in [5.41, 5.74) is 0. The summed E-state index contributed by atoms with van der Waals surface area (Å²) in [5.74, 6) is -2.16. The van der Waals surface area contributed by atoms with Gasteiger partial charge in [-0.25, -0.2) is 0 Å². The van der Waals surface area contributed by atoms with E-state index in [0.29, 0.717) is 19.3 Å². The standard InChI is InChI=1S/C45H72O12S/c1-3-5-7-9-11-13-15-17-18-19-20-22-23-25-27-29-31-33-40(46)54-35-38(36-55-45-44(50)43(49)42(48)39(57-45)37-58(51,52)53)56-41(47)34-32-30-28-26-24-21-16-14-12-10-8-6-4-2/h5,7,11,13,17-18,20-22,24-25,27-28,30,38-39,42-45,48-50H,3-4,6,8-10,12,14-16,19,23,26,29,31-37H2,1-2H3,(H,51,52,53)/b7-5+,13-11+,18-17+,22-20+,24-21+,27-25+,30-28+/t38?,39-,42-,43?,44?,45+/m1/s1. The summed E-state index contributed by atoms with van der Waals surface area (Å²) in [4.78, 5) is 25.3. The molecular formula is C45H72O12S. The maximum Gasteiger partial charge on any atom is 0.306 e. The summed E-state index contributed by atoms with van der Waals surface area (Å²) in [6.45, 7) is 3.51. The Morgan fingerprint density at radius 3 is 1.69 bits per heavy atom. The van der Waals surface area contributed by atoms with Gasteiger partial charge in [0.25, 0.3) is 10.1 Å².